The summed E-state index contributed by atoms with van der Waals surface area (Å²) in [7, 11) is 1.80. The van der Waals surface area contributed by atoms with Gasteiger partial charge in [0.2, 0.25) is 0 Å². The van der Waals surface area contributed by atoms with E-state index in [0.29, 0.717) is 12.1 Å². The number of aromatic nitrogens is 3. The molecule has 1 aromatic carbocycles. The fourth-order valence-electron chi connectivity index (χ4n) is 2.69. The van der Waals surface area contributed by atoms with Gasteiger partial charge in [0.1, 0.15) is 5.75 Å². The summed E-state index contributed by atoms with van der Waals surface area (Å²) >= 11 is 0. The third kappa shape index (κ3) is 3.79. The molecule has 0 atom stereocenters. The first-order valence-corrected chi connectivity index (χ1v) is 7.87. The number of ether oxygens (including phenoxy) is 1. The third-order valence-corrected chi connectivity index (χ3v) is 3.88. The van der Waals surface area contributed by atoms with Crippen LogP contribution in [0.2, 0.25) is 0 Å². The topological polar surface area (TPSA) is 49.1 Å². The molecule has 0 saturated carbocycles. The molecule has 26 heavy (non-hydrogen) atoms. The van der Waals surface area contributed by atoms with Crippen molar-refractivity contribution < 1.29 is 17.9 Å². The van der Waals surface area contributed by atoms with Gasteiger partial charge >= 0.3 is 6.36 Å². The summed E-state index contributed by atoms with van der Waals surface area (Å²) < 4.78 is 43.7. The molecule has 5 nitrogen and oxygen atoms in total. The van der Waals surface area contributed by atoms with Crippen LogP contribution in [-0.2, 0) is 13.5 Å². The Kier molecular flexibility index (Phi) is 4.58. The fourth-order valence-corrected chi connectivity index (χ4v) is 2.69. The second-order valence-electron chi connectivity index (χ2n) is 5.72. The first-order valence-electron chi connectivity index (χ1n) is 7.87. The molecule has 0 radical (unpaired) electrons. The van der Waals surface area contributed by atoms with E-state index in [-0.39, 0.29) is 11.3 Å². The maximum absolute atomic E-state index is 12.4. The molecule has 3 rings (SSSR count). The highest BCUT2D eigenvalue weighted by Crippen LogP contribution is 2.26. The number of halogens is 3. The first kappa shape index (κ1) is 17.8. The van der Waals surface area contributed by atoms with E-state index in [1.807, 2.05) is 13.1 Å². The van der Waals surface area contributed by atoms with Crippen LogP contribution in [0.5, 0.6) is 5.75 Å². The molecule has 0 fully saturated rings. The Morgan fingerprint density at radius 2 is 1.85 bits per heavy atom. The zero-order valence-electron chi connectivity index (χ0n) is 14.1. The van der Waals surface area contributed by atoms with Gasteiger partial charge in [0, 0.05) is 42.3 Å². The van der Waals surface area contributed by atoms with Crippen molar-refractivity contribution in [1.29, 1.82) is 0 Å². The van der Waals surface area contributed by atoms with Crippen molar-refractivity contribution in [3.8, 4) is 22.6 Å². The lowest BCUT2D eigenvalue weighted by molar-refractivity contribution is -0.274. The van der Waals surface area contributed by atoms with Crippen LogP contribution in [0, 0.1) is 0 Å². The summed E-state index contributed by atoms with van der Waals surface area (Å²) in [6, 6.07) is 6.68. The van der Waals surface area contributed by atoms with E-state index in [1.54, 1.807) is 24.1 Å². The lowest BCUT2D eigenvalue weighted by Crippen LogP contribution is -2.19. The lowest BCUT2D eigenvalue weighted by atomic mass is 10.0. The second kappa shape index (κ2) is 6.70. The molecule has 0 amide bonds. The number of aryl methyl sites for hydroxylation is 2. The number of alkyl halides is 3. The molecule has 2 aromatic heterocycles. The Labute approximate surface area is 147 Å². The zero-order valence-corrected chi connectivity index (χ0v) is 14.1. The van der Waals surface area contributed by atoms with Crippen molar-refractivity contribution in [3.63, 3.8) is 0 Å². The summed E-state index contributed by atoms with van der Waals surface area (Å²) in [6.45, 7) is 1.95. The molecule has 0 aliphatic carbocycles. The molecule has 0 bridgehead atoms. The summed E-state index contributed by atoms with van der Waals surface area (Å²) in [5.41, 5.74) is 2.75. The van der Waals surface area contributed by atoms with Gasteiger partial charge in [-0.25, -0.2) is 0 Å². The van der Waals surface area contributed by atoms with Gasteiger partial charge in [0.05, 0.1) is 6.20 Å². The standard InChI is InChI=1S/C18H16F3N3O2/c1-3-12-8-17(25)24(11-16(12)13-9-22-23(2)10-13)14-4-6-15(7-5-14)26-18(19,20)21/h4-11H,3H2,1-2H3. The van der Waals surface area contributed by atoms with Crippen LogP contribution in [0.15, 0.2) is 53.7 Å². The van der Waals surface area contributed by atoms with E-state index in [4.69, 9.17) is 0 Å². The van der Waals surface area contributed by atoms with Gasteiger partial charge in [-0.15, -0.1) is 13.2 Å². The van der Waals surface area contributed by atoms with E-state index in [9.17, 15) is 18.0 Å². The minimum atomic E-state index is -4.76. The first-order chi connectivity index (χ1) is 12.3. The average molecular weight is 363 g/mol. The van der Waals surface area contributed by atoms with Crippen molar-refractivity contribution >= 4 is 0 Å². The number of rotatable bonds is 4. The monoisotopic (exact) mass is 363 g/mol. The normalized spacial score (nSPS) is 11.6. The maximum Gasteiger partial charge on any atom is 0.573 e. The van der Waals surface area contributed by atoms with Gasteiger partial charge in [-0.2, -0.15) is 5.10 Å². The van der Waals surface area contributed by atoms with Crippen LogP contribution in [0.4, 0.5) is 13.2 Å². The molecule has 8 heteroatoms. The van der Waals surface area contributed by atoms with Gasteiger partial charge in [0.15, 0.2) is 0 Å². The van der Waals surface area contributed by atoms with E-state index < -0.39 is 6.36 Å². The van der Waals surface area contributed by atoms with Gasteiger partial charge < -0.3 is 4.74 Å². The number of hydrogen-bond donors (Lipinski definition) is 0. The van der Waals surface area contributed by atoms with Crippen molar-refractivity contribution in [1.82, 2.24) is 14.3 Å². The summed E-state index contributed by atoms with van der Waals surface area (Å²) in [5, 5.41) is 4.15. The molecule has 0 unspecified atom stereocenters. The molecular formula is C18H16F3N3O2. The van der Waals surface area contributed by atoms with Crippen molar-refractivity contribution in [3.05, 3.63) is 64.8 Å². The Morgan fingerprint density at radius 3 is 2.38 bits per heavy atom. The second-order valence-corrected chi connectivity index (χ2v) is 5.72. The SMILES string of the molecule is CCc1cc(=O)n(-c2ccc(OC(F)(F)F)cc2)cc1-c1cnn(C)c1. The minimum absolute atomic E-state index is 0.265. The zero-order chi connectivity index (χ0) is 18.9. The summed E-state index contributed by atoms with van der Waals surface area (Å²) in [5.74, 6) is -0.341. The van der Waals surface area contributed by atoms with E-state index >= 15 is 0 Å². The van der Waals surface area contributed by atoms with E-state index in [0.717, 1.165) is 16.7 Å². The smallest absolute Gasteiger partial charge is 0.406 e. The molecular weight excluding hydrogens is 347 g/mol. The molecule has 0 N–H and O–H groups in total. The van der Waals surface area contributed by atoms with Gasteiger partial charge in [0.25, 0.3) is 5.56 Å². The Morgan fingerprint density at radius 1 is 1.15 bits per heavy atom. The maximum atomic E-state index is 12.4. The Bertz CT molecular complexity index is 973. The van der Waals surface area contributed by atoms with Gasteiger partial charge in [-0.1, -0.05) is 6.92 Å². The predicted molar refractivity (Wildman–Crippen MR) is 90.3 cm³/mol. The molecule has 136 valence electrons. The molecule has 0 spiro atoms. The number of nitrogens with zero attached hydrogens (tertiary/aromatic N) is 3. The lowest BCUT2D eigenvalue weighted by Gasteiger charge is -2.13. The number of benzene rings is 1. The Balaban J connectivity index is 2.04. The third-order valence-electron chi connectivity index (χ3n) is 3.88. The van der Waals surface area contributed by atoms with Crippen LogP contribution < -0.4 is 10.3 Å². The highest BCUT2D eigenvalue weighted by Gasteiger charge is 2.31. The van der Waals surface area contributed by atoms with Crippen LogP contribution >= 0.6 is 0 Å². The summed E-state index contributed by atoms with van der Waals surface area (Å²) in [6.07, 6.45) is 1.12. The van der Waals surface area contributed by atoms with Crippen molar-refractivity contribution in [2.24, 2.45) is 7.05 Å². The van der Waals surface area contributed by atoms with Gasteiger partial charge in [-0.05, 0) is 36.2 Å². The quantitative estimate of drug-likeness (QED) is 0.710. The highest BCUT2D eigenvalue weighted by atomic mass is 19.4. The number of hydrogen-bond acceptors (Lipinski definition) is 3. The largest absolute Gasteiger partial charge is 0.573 e. The van der Waals surface area contributed by atoms with Crippen LogP contribution in [-0.4, -0.2) is 20.7 Å². The van der Waals surface area contributed by atoms with Crippen LogP contribution in [0.25, 0.3) is 16.8 Å². The molecule has 0 aliphatic rings. The molecule has 0 aliphatic heterocycles. The highest BCUT2D eigenvalue weighted by molar-refractivity contribution is 5.65. The van der Waals surface area contributed by atoms with E-state index in [1.165, 1.54) is 34.9 Å². The van der Waals surface area contributed by atoms with Crippen molar-refractivity contribution in [2.45, 2.75) is 19.7 Å². The van der Waals surface area contributed by atoms with Gasteiger partial charge in [-0.3, -0.25) is 14.0 Å². The minimum Gasteiger partial charge on any atom is -0.406 e. The van der Waals surface area contributed by atoms with Crippen LogP contribution in [0.3, 0.4) is 0 Å². The molecule has 0 saturated heterocycles. The fraction of sp³-hybridized carbons (Fsp3) is 0.222. The molecule has 3 aromatic rings. The van der Waals surface area contributed by atoms with E-state index in [2.05, 4.69) is 9.84 Å². The average Bonchev–Trinajstić information content (AvgIpc) is 3.00. The molecule has 2 heterocycles. The predicted octanol–water partition coefficient (Wildman–Crippen LogP) is 3.70. The summed E-state index contributed by atoms with van der Waals surface area (Å²) in [4.78, 5) is 12.4. The number of pyridine rings is 1. The Hall–Kier alpha value is -3.03. The van der Waals surface area contributed by atoms with Crippen LogP contribution in [0.1, 0.15) is 12.5 Å². The van der Waals surface area contributed by atoms with Crippen molar-refractivity contribution in [2.75, 3.05) is 0 Å².